The minimum atomic E-state index is -1.47. The van der Waals surface area contributed by atoms with Gasteiger partial charge in [-0.3, -0.25) is 0 Å². The Hall–Kier alpha value is -3.95. The van der Waals surface area contributed by atoms with Gasteiger partial charge in [0.05, 0.1) is 39.6 Å². The number of thioether (sulfide) groups is 1. The van der Waals surface area contributed by atoms with Crippen molar-refractivity contribution < 1.29 is 48.5 Å². The fourth-order valence-electron chi connectivity index (χ4n) is 6.86. The van der Waals surface area contributed by atoms with E-state index >= 15 is 0 Å². The summed E-state index contributed by atoms with van der Waals surface area (Å²) < 4.78 is 46.1. The van der Waals surface area contributed by atoms with Crippen molar-refractivity contribution in [1.29, 1.82) is 0 Å². The molecule has 3 N–H and O–H groups in total. The van der Waals surface area contributed by atoms with E-state index in [1.165, 1.54) is 11.8 Å². The minimum Gasteiger partial charge on any atom is -0.387 e. The van der Waals surface area contributed by atoms with Crippen LogP contribution in [0.25, 0.3) is 0 Å². The Bertz CT molecular complexity index is 1860. The maximum absolute atomic E-state index is 11.1. The SMILES string of the molecule is O[C@H]1[C@@H](O)[C@@H](CO[C@H]2O[C@H](COCc3ccccc3)[C@@H](OCc3ccccc3)[C@H](OCc3ccccc3)[C@H]2OCc2ccccc2)O[C@@H](Sc2ccccc2)[C@@H]1O. The molecular formula is C46H50O10S. The van der Waals surface area contributed by atoms with Crippen LogP contribution >= 0.6 is 11.8 Å². The van der Waals surface area contributed by atoms with E-state index in [-0.39, 0.29) is 33.0 Å². The van der Waals surface area contributed by atoms with Gasteiger partial charge >= 0.3 is 0 Å². The Labute approximate surface area is 338 Å². The second-order valence-corrected chi connectivity index (χ2v) is 15.3. The number of hydrogen-bond donors (Lipinski definition) is 3. The van der Waals surface area contributed by atoms with Gasteiger partial charge in [-0.1, -0.05) is 151 Å². The highest BCUT2D eigenvalue weighted by Crippen LogP contribution is 2.35. The van der Waals surface area contributed by atoms with E-state index in [1.807, 2.05) is 152 Å². The van der Waals surface area contributed by atoms with Crippen LogP contribution in [0.5, 0.6) is 0 Å². The van der Waals surface area contributed by atoms with Gasteiger partial charge < -0.3 is 48.5 Å². The van der Waals surface area contributed by atoms with Crippen molar-refractivity contribution in [2.45, 2.75) is 91.9 Å². The van der Waals surface area contributed by atoms with Gasteiger partial charge in [-0.15, -0.1) is 0 Å². The van der Waals surface area contributed by atoms with Crippen LogP contribution in [0.3, 0.4) is 0 Å². The summed E-state index contributed by atoms with van der Waals surface area (Å²) in [5.74, 6) is 0. The van der Waals surface area contributed by atoms with E-state index in [0.29, 0.717) is 6.61 Å². The van der Waals surface area contributed by atoms with Gasteiger partial charge in [0.1, 0.15) is 54.3 Å². The third-order valence-corrected chi connectivity index (χ3v) is 11.1. The van der Waals surface area contributed by atoms with Crippen LogP contribution in [0, 0.1) is 0 Å². The molecule has 0 aliphatic carbocycles. The van der Waals surface area contributed by atoms with Crippen molar-refractivity contribution >= 4 is 11.8 Å². The molecular weight excluding hydrogens is 745 g/mol. The number of rotatable bonds is 18. The Morgan fingerprint density at radius 1 is 0.421 bits per heavy atom. The van der Waals surface area contributed by atoms with Crippen LogP contribution in [0.1, 0.15) is 22.3 Å². The van der Waals surface area contributed by atoms with E-state index in [1.54, 1.807) is 0 Å². The van der Waals surface area contributed by atoms with Crippen molar-refractivity contribution in [2.75, 3.05) is 13.2 Å². The van der Waals surface area contributed by atoms with Crippen molar-refractivity contribution in [3.8, 4) is 0 Å². The Morgan fingerprint density at radius 2 is 0.877 bits per heavy atom. The molecule has 0 spiro atoms. The molecule has 300 valence electrons. The molecule has 2 aliphatic rings. The highest BCUT2D eigenvalue weighted by molar-refractivity contribution is 7.99. The summed E-state index contributed by atoms with van der Waals surface area (Å²) in [5.41, 5.74) is 3.03. The number of benzene rings is 5. The van der Waals surface area contributed by atoms with Crippen LogP contribution in [0.2, 0.25) is 0 Å². The zero-order chi connectivity index (χ0) is 39.2. The molecule has 0 radical (unpaired) electrons. The highest BCUT2D eigenvalue weighted by atomic mass is 32.2. The molecule has 2 fully saturated rings. The van der Waals surface area contributed by atoms with Gasteiger partial charge in [0.25, 0.3) is 0 Å². The number of hydrogen-bond acceptors (Lipinski definition) is 11. The van der Waals surface area contributed by atoms with E-state index in [4.69, 9.17) is 33.2 Å². The summed E-state index contributed by atoms with van der Waals surface area (Å²) in [6.07, 6.45) is -9.17. The highest BCUT2D eigenvalue weighted by Gasteiger charge is 2.50. The smallest absolute Gasteiger partial charge is 0.187 e. The largest absolute Gasteiger partial charge is 0.387 e. The molecule has 0 amide bonds. The zero-order valence-electron chi connectivity index (χ0n) is 31.6. The second-order valence-electron chi connectivity index (χ2n) is 14.1. The normalized spacial score (nSPS) is 27.6. The summed E-state index contributed by atoms with van der Waals surface area (Å²) in [5, 5.41) is 33.0. The van der Waals surface area contributed by atoms with Crippen molar-refractivity contribution in [1.82, 2.24) is 0 Å². The first-order valence-electron chi connectivity index (χ1n) is 19.3. The van der Waals surface area contributed by atoms with Crippen molar-refractivity contribution in [3.63, 3.8) is 0 Å². The summed E-state index contributed by atoms with van der Waals surface area (Å²) in [6.45, 7) is 1.08. The fourth-order valence-corrected chi connectivity index (χ4v) is 7.94. The summed E-state index contributed by atoms with van der Waals surface area (Å²) >= 11 is 1.26. The summed E-state index contributed by atoms with van der Waals surface area (Å²) in [6, 6.07) is 48.9. The van der Waals surface area contributed by atoms with Crippen LogP contribution in [0.15, 0.2) is 157 Å². The quantitative estimate of drug-likeness (QED) is 0.0926. The molecule has 11 heteroatoms. The second kappa shape index (κ2) is 21.2. The lowest BCUT2D eigenvalue weighted by Gasteiger charge is -2.46. The number of ether oxygens (including phenoxy) is 7. The first-order valence-corrected chi connectivity index (χ1v) is 20.2. The van der Waals surface area contributed by atoms with Crippen LogP contribution in [0.4, 0.5) is 0 Å². The maximum Gasteiger partial charge on any atom is 0.187 e. The molecule has 5 aromatic rings. The van der Waals surface area contributed by atoms with Gasteiger partial charge in [0.2, 0.25) is 0 Å². The summed E-state index contributed by atoms with van der Waals surface area (Å²) in [4.78, 5) is 0.841. The molecule has 0 bridgehead atoms. The maximum atomic E-state index is 11.1. The van der Waals surface area contributed by atoms with E-state index in [2.05, 4.69) is 0 Å². The Morgan fingerprint density at radius 3 is 1.40 bits per heavy atom. The molecule has 0 aromatic heterocycles. The molecule has 2 aliphatic heterocycles. The van der Waals surface area contributed by atoms with Crippen molar-refractivity contribution in [3.05, 3.63) is 174 Å². The standard InChI is InChI=1S/C46H50O10S/c47-39-37(56-46(41(49)40(39)48)57-36-24-14-5-15-25-36)31-54-45-44(53-29-35-22-12-4-13-23-35)43(52-28-34-20-10-3-11-21-34)42(51-27-33-18-8-2-9-19-33)38(55-45)30-50-26-32-16-6-1-7-17-32/h1-25,37-49H,26-31H2/t37-,38-,39+,40+,41-,42-,43+,44-,45+,46+/m1/s1. The summed E-state index contributed by atoms with van der Waals surface area (Å²) in [7, 11) is 0. The third-order valence-electron chi connectivity index (χ3n) is 9.93. The van der Waals surface area contributed by atoms with Gasteiger partial charge in [-0.25, -0.2) is 0 Å². The van der Waals surface area contributed by atoms with Crippen molar-refractivity contribution in [2.24, 2.45) is 0 Å². The lowest BCUT2D eigenvalue weighted by molar-refractivity contribution is -0.335. The monoisotopic (exact) mass is 794 g/mol. The van der Waals surface area contributed by atoms with Gasteiger partial charge in [0.15, 0.2) is 6.29 Å². The molecule has 10 nitrogen and oxygen atoms in total. The lowest BCUT2D eigenvalue weighted by atomic mass is 9.97. The van der Waals surface area contributed by atoms with E-state index in [0.717, 1.165) is 27.1 Å². The van der Waals surface area contributed by atoms with Crippen LogP contribution in [-0.4, -0.2) is 89.1 Å². The first-order chi connectivity index (χ1) is 28.0. The Kier molecular flexibility index (Phi) is 15.3. The van der Waals surface area contributed by atoms with Crippen LogP contribution in [-0.2, 0) is 59.6 Å². The first kappa shape index (κ1) is 41.2. The predicted molar refractivity (Wildman–Crippen MR) is 215 cm³/mol. The molecule has 2 heterocycles. The average molecular weight is 795 g/mol. The molecule has 10 atom stereocenters. The predicted octanol–water partition coefficient (Wildman–Crippen LogP) is 6.30. The zero-order valence-corrected chi connectivity index (χ0v) is 32.4. The molecule has 0 unspecified atom stereocenters. The molecule has 5 aromatic carbocycles. The average Bonchev–Trinajstić information content (AvgIpc) is 3.26. The molecule has 7 rings (SSSR count). The number of aliphatic hydroxyl groups is 3. The number of aliphatic hydroxyl groups excluding tert-OH is 3. The Balaban J connectivity index is 1.17. The topological polar surface area (TPSA) is 125 Å². The van der Waals surface area contributed by atoms with Gasteiger partial charge in [0, 0.05) is 4.90 Å². The van der Waals surface area contributed by atoms with E-state index in [9.17, 15) is 15.3 Å². The fraction of sp³-hybridized carbons (Fsp3) is 0.348. The third kappa shape index (κ3) is 11.6. The van der Waals surface area contributed by atoms with Gasteiger partial charge in [-0.05, 0) is 34.4 Å². The minimum absolute atomic E-state index is 0.147. The lowest BCUT2D eigenvalue weighted by Crippen LogP contribution is -2.63. The van der Waals surface area contributed by atoms with E-state index < -0.39 is 60.6 Å². The van der Waals surface area contributed by atoms with Crippen LogP contribution < -0.4 is 0 Å². The molecule has 0 saturated carbocycles. The van der Waals surface area contributed by atoms with Gasteiger partial charge in [-0.2, -0.15) is 0 Å². The molecule has 57 heavy (non-hydrogen) atoms. The molecule has 2 saturated heterocycles.